The molecule has 0 aliphatic carbocycles. The predicted molar refractivity (Wildman–Crippen MR) is 123 cm³/mol. The zero-order valence-electron chi connectivity index (χ0n) is 18.1. The summed E-state index contributed by atoms with van der Waals surface area (Å²) in [5.74, 6) is 1.23. The molecule has 1 aliphatic heterocycles. The van der Waals surface area contributed by atoms with Crippen molar-refractivity contribution in [3.05, 3.63) is 58.2 Å². The summed E-state index contributed by atoms with van der Waals surface area (Å²) in [5.41, 5.74) is 3.59. The Morgan fingerprint density at radius 3 is 2.52 bits per heavy atom. The van der Waals surface area contributed by atoms with Gasteiger partial charge < -0.3 is 14.4 Å². The van der Waals surface area contributed by atoms with Crippen molar-refractivity contribution in [2.24, 2.45) is 10.1 Å². The minimum absolute atomic E-state index is 0.0689. The molecular formula is C23H24N4O3S. The largest absolute Gasteiger partial charge is 0.497 e. The molecule has 0 atom stereocenters. The molecule has 0 bridgehead atoms. The van der Waals surface area contributed by atoms with E-state index in [0.717, 1.165) is 22.5 Å². The number of ether oxygens (including phenoxy) is 2. The molecular weight excluding hydrogens is 412 g/mol. The van der Waals surface area contributed by atoms with E-state index in [2.05, 4.69) is 0 Å². The van der Waals surface area contributed by atoms with Gasteiger partial charge >= 0.3 is 0 Å². The quantitative estimate of drug-likeness (QED) is 0.611. The Kier molecular flexibility index (Phi) is 5.65. The van der Waals surface area contributed by atoms with E-state index in [1.165, 1.54) is 11.3 Å². The lowest BCUT2D eigenvalue weighted by molar-refractivity contribution is -0.112. The SMILES string of the molecule is COc1ccc(OC)c(-c2csc(=NC(C)C)n2/N=C2/C(=O)N(C)c3ccccc32)c1. The third kappa shape index (κ3) is 3.74. The van der Waals surface area contributed by atoms with Gasteiger partial charge in [0, 0.05) is 29.6 Å². The first-order valence-electron chi connectivity index (χ1n) is 9.87. The summed E-state index contributed by atoms with van der Waals surface area (Å²) in [6.07, 6.45) is 0. The maximum Gasteiger partial charge on any atom is 0.279 e. The maximum absolute atomic E-state index is 13.0. The molecule has 1 aromatic heterocycles. The van der Waals surface area contributed by atoms with E-state index in [1.807, 2.05) is 61.7 Å². The Balaban J connectivity index is 1.99. The second kappa shape index (κ2) is 8.39. The number of para-hydroxylation sites is 1. The summed E-state index contributed by atoms with van der Waals surface area (Å²) in [5, 5.41) is 6.78. The highest BCUT2D eigenvalue weighted by atomic mass is 32.1. The van der Waals surface area contributed by atoms with E-state index in [4.69, 9.17) is 19.6 Å². The number of carbonyl (C=O) groups excluding carboxylic acids is 1. The molecule has 1 amide bonds. The molecule has 1 aliphatic rings. The second-order valence-corrected chi connectivity index (χ2v) is 8.17. The maximum atomic E-state index is 13.0. The fraction of sp³-hybridized carbons (Fsp3) is 0.261. The first kappa shape index (κ1) is 20.9. The Morgan fingerprint density at radius 2 is 1.81 bits per heavy atom. The standard InChI is InChI=1S/C23H24N4O3S/c1-14(2)24-23-27(25-21-16-8-6-7-9-18(16)26(3)22(21)28)19(13-31-23)17-12-15(29-4)10-11-20(17)30-5/h6-14H,1-5H3/b24-23?,25-21+. The molecule has 0 radical (unpaired) electrons. The van der Waals surface area contributed by atoms with E-state index in [1.54, 1.807) is 30.8 Å². The smallest absolute Gasteiger partial charge is 0.279 e. The lowest BCUT2D eigenvalue weighted by Gasteiger charge is -2.11. The Morgan fingerprint density at radius 1 is 1.03 bits per heavy atom. The number of carbonyl (C=O) groups is 1. The monoisotopic (exact) mass is 436 g/mol. The normalized spacial score (nSPS) is 15.2. The van der Waals surface area contributed by atoms with Crippen LogP contribution in [-0.4, -0.2) is 43.6 Å². The first-order chi connectivity index (χ1) is 14.9. The predicted octanol–water partition coefficient (Wildman–Crippen LogP) is 3.77. The molecule has 4 rings (SSSR count). The molecule has 7 nitrogen and oxygen atoms in total. The molecule has 0 spiro atoms. The third-order valence-corrected chi connectivity index (χ3v) is 5.79. The molecule has 0 saturated heterocycles. The van der Waals surface area contributed by atoms with E-state index in [0.29, 0.717) is 22.0 Å². The topological polar surface area (TPSA) is 68.4 Å². The lowest BCUT2D eigenvalue weighted by atomic mass is 10.1. The molecule has 3 aromatic rings. The van der Waals surface area contributed by atoms with E-state index in [-0.39, 0.29) is 11.9 Å². The van der Waals surface area contributed by atoms with Gasteiger partial charge in [0.1, 0.15) is 11.5 Å². The van der Waals surface area contributed by atoms with E-state index < -0.39 is 0 Å². The van der Waals surface area contributed by atoms with Crippen LogP contribution in [0.4, 0.5) is 5.69 Å². The van der Waals surface area contributed by atoms with Crippen LogP contribution < -0.4 is 19.2 Å². The number of thiazole rings is 1. The van der Waals surface area contributed by atoms with Crippen molar-refractivity contribution in [1.82, 2.24) is 4.68 Å². The summed E-state index contributed by atoms with van der Waals surface area (Å²) >= 11 is 1.47. The van der Waals surface area contributed by atoms with Crippen molar-refractivity contribution in [2.75, 3.05) is 26.2 Å². The van der Waals surface area contributed by atoms with Crippen LogP contribution in [0.15, 0.2) is 57.9 Å². The van der Waals surface area contributed by atoms with Crippen LogP contribution in [0.2, 0.25) is 0 Å². The Hall–Kier alpha value is -3.39. The Bertz CT molecular complexity index is 1240. The number of anilines is 1. The molecule has 0 unspecified atom stereocenters. The number of methoxy groups -OCH3 is 2. The van der Waals surface area contributed by atoms with Crippen LogP contribution in [0.5, 0.6) is 11.5 Å². The van der Waals surface area contributed by atoms with Crippen molar-refractivity contribution in [2.45, 2.75) is 19.9 Å². The number of rotatable bonds is 5. The van der Waals surface area contributed by atoms with Crippen molar-refractivity contribution in [1.29, 1.82) is 0 Å². The number of nitrogens with zero attached hydrogens (tertiary/aromatic N) is 4. The molecule has 8 heteroatoms. The van der Waals surface area contributed by atoms with Crippen molar-refractivity contribution >= 4 is 28.6 Å². The molecule has 2 heterocycles. The Labute approximate surface area is 184 Å². The number of likely N-dealkylation sites (N-methyl/N-ethyl adjacent to an activating group) is 1. The van der Waals surface area contributed by atoms with Gasteiger partial charge in [0.05, 0.1) is 25.6 Å². The van der Waals surface area contributed by atoms with Gasteiger partial charge in [-0.25, -0.2) is 4.68 Å². The van der Waals surface area contributed by atoms with Gasteiger partial charge in [0.2, 0.25) is 4.80 Å². The van der Waals surface area contributed by atoms with Crippen LogP contribution in [0.3, 0.4) is 0 Å². The zero-order valence-corrected chi connectivity index (χ0v) is 18.9. The van der Waals surface area contributed by atoms with Gasteiger partial charge in [-0.05, 0) is 38.1 Å². The van der Waals surface area contributed by atoms with Crippen LogP contribution >= 0.6 is 11.3 Å². The van der Waals surface area contributed by atoms with Crippen LogP contribution in [-0.2, 0) is 4.79 Å². The van der Waals surface area contributed by atoms with Crippen LogP contribution in [0.1, 0.15) is 19.4 Å². The number of hydrogen-bond donors (Lipinski definition) is 0. The number of hydrogen-bond acceptors (Lipinski definition) is 6. The molecule has 2 aromatic carbocycles. The van der Waals surface area contributed by atoms with Crippen molar-refractivity contribution < 1.29 is 14.3 Å². The molecule has 31 heavy (non-hydrogen) atoms. The minimum Gasteiger partial charge on any atom is -0.497 e. The summed E-state index contributed by atoms with van der Waals surface area (Å²) in [6.45, 7) is 4.01. The molecule has 160 valence electrons. The second-order valence-electron chi connectivity index (χ2n) is 7.33. The third-order valence-electron chi connectivity index (χ3n) is 4.96. The minimum atomic E-state index is -0.154. The van der Waals surface area contributed by atoms with Crippen molar-refractivity contribution in [3.8, 4) is 22.8 Å². The average Bonchev–Trinajstić information content (AvgIpc) is 3.27. The zero-order chi connectivity index (χ0) is 22.1. The van der Waals surface area contributed by atoms with E-state index in [9.17, 15) is 4.79 Å². The van der Waals surface area contributed by atoms with Gasteiger partial charge in [0.25, 0.3) is 5.91 Å². The molecule has 0 N–H and O–H groups in total. The van der Waals surface area contributed by atoms with Gasteiger partial charge in [-0.1, -0.05) is 18.2 Å². The highest BCUT2D eigenvalue weighted by molar-refractivity contribution is 7.07. The molecule has 0 fully saturated rings. The number of aromatic nitrogens is 1. The average molecular weight is 437 g/mol. The van der Waals surface area contributed by atoms with Crippen molar-refractivity contribution in [3.63, 3.8) is 0 Å². The van der Waals surface area contributed by atoms with Crippen LogP contribution in [0.25, 0.3) is 11.3 Å². The van der Waals surface area contributed by atoms with Gasteiger partial charge in [-0.2, -0.15) is 5.10 Å². The summed E-state index contributed by atoms with van der Waals surface area (Å²) in [7, 11) is 5.00. The number of benzene rings is 2. The fourth-order valence-corrected chi connectivity index (χ4v) is 4.41. The summed E-state index contributed by atoms with van der Waals surface area (Å²) in [6, 6.07) is 13.3. The number of amides is 1. The van der Waals surface area contributed by atoms with Gasteiger partial charge in [-0.3, -0.25) is 9.79 Å². The van der Waals surface area contributed by atoms with Gasteiger partial charge in [0.15, 0.2) is 5.71 Å². The summed E-state index contributed by atoms with van der Waals surface area (Å²) in [4.78, 5) is 20.0. The lowest BCUT2D eigenvalue weighted by Crippen LogP contribution is -2.27. The van der Waals surface area contributed by atoms with E-state index >= 15 is 0 Å². The highest BCUT2D eigenvalue weighted by Gasteiger charge is 2.31. The molecule has 0 saturated carbocycles. The number of fused-ring (bicyclic) bond motifs is 1. The fourth-order valence-electron chi connectivity index (χ4n) is 3.45. The first-order valence-corrected chi connectivity index (χ1v) is 10.8. The highest BCUT2D eigenvalue weighted by Crippen LogP contribution is 2.34. The van der Waals surface area contributed by atoms with Crippen LogP contribution in [0, 0.1) is 0 Å². The summed E-state index contributed by atoms with van der Waals surface area (Å²) < 4.78 is 12.7. The van der Waals surface area contributed by atoms with Gasteiger partial charge in [-0.15, -0.1) is 11.3 Å².